The highest BCUT2D eigenvalue weighted by Crippen LogP contribution is 2.23. The lowest BCUT2D eigenvalue weighted by molar-refractivity contribution is 0.388. The van der Waals surface area contributed by atoms with E-state index in [1.165, 1.54) is 19.0 Å². The normalized spacial score (nSPS) is 14.4. The SMILES string of the molecule is CCCNC(CC(C)CCC)c1cncc(F)c1. The highest BCUT2D eigenvalue weighted by atomic mass is 19.1. The Morgan fingerprint density at radius 3 is 2.67 bits per heavy atom. The van der Waals surface area contributed by atoms with Crippen molar-refractivity contribution in [3.8, 4) is 0 Å². The molecule has 0 saturated heterocycles. The van der Waals surface area contributed by atoms with E-state index in [1.54, 1.807) is 12.3 Å². The van der Waals surface area contributed by atoms with Crippen LogP contribution < -0.4 is 5.32 Å². The number of rotatable bonds is 8. The van der Waals surface area contributed by atoms with Crippen LogP contribution in [-0.4, -0.2) is 11.5 Å². The second-order valence-electron chi connectivity index (χ2n) is 5.07. The van der Waals surface area contributed by atoms with Crippen molar-refractivity contribution >= 4 is 0 Å². The Balaban J connectivity index is 2.70. The molecule has 2 unspecified atom stereocenters. The molecule has 0 amide bonds. The molecule has 1 N–H and O–H groups in total. The van der Waals surface area contributed by atoms with Gasteiger partial charge in [0, 0.05) is 12.2 Å². The molecule has 0 aliphatic carbocycles. The fourth-order valence-electron chi connectivity index (χ4n) is 2.29. The zero-order valence-electron chi connectivity index (χ0n) is 11.7. The third kappa shape index (κ3) is 5.13. The fraction of sp³-hybridized carbons (Fsp3) is 0.667. The van der Waals surface area contributed by atoms with Gasteiger partial charge in [0.2, 0.25) is 0 Å². The summed E-state index contributed by atoms with van der Waals surface area (Å²) in [6.07, 6.45) is 7.57. The average molecular weight is 252 g/mol. The van der Waals surface area contributed by atoms with E-state index in [-0.39, 0.29) is 11.9 Å². The van der Waals surface area contributed by atoms with Crippen LogP contribution in [0.3, 0.4) is 0 Å². The summed E-state index contributed by atoms with van der Waals surface area (Å²) >= 11 is 0. The van der Waals surface area contributed by atoms with Crippen LogP contribution in [0.15, 0.2) is 18.5 Å². The zero-order valence-corrected chi connectivity index (χ0v) is 11.7. The first-order valence-corrected chi connectivity index (χ1v) is 7.01. The molecule has 0 aliphatic rings. The molecule has 0 aliphatic heterocycles. The molecule has 2 atom stereocenters. The minimum Gasteiger partial charge on any atom is -0.310 e. The molecule has 1 heterocycles. The monoisotopic (exact) mass is 252 g/mol. The van der Waals surface area contributed by atoms with Crippen molar-refractivity contribution in [3.05, 3.63) is 29.8 Å². The van der Waals surface area contributed by atoms with Gasteiger partial charge in [-0.2, -0.15) is 0 Å². The van der Waals surface area contributed by atoms with Crippen LogP contribution in [0.25, 0.3) is 0 Å². The van der Waals surface area contributed by atoms with Gasteiger partial charge in [0.05, 0.1) is 6.20 Å². The smallest absolute Gasteiger partial charge is 0.141 e. The summed E-state index contributed by atoms with van der Waals surface area (Å²) in [7, 11) is 0. The highest BCUT2D eigenvalue weighted by Gasteiger charge is 2.15. The Kier molecular flexibility index (Phi) is 6.88. The van der Waals surface area contributed by atoms with Gasteiger partial charge in [-0.25, -0.2) is 4.39 Å². The highest BCUT2D eigenvalue weighted by molar-refractivity contribution is 5.15. The lowest BCUT2D eigenvalue weighted by Crippen LogP contribution is -2.24. The van der Waals surface area contributed by atoms with E-state index < -0.39 is 0 Å². The molecule has 18 heavy (non-hydrogen) atoms. The first-order valence-electron chi connectivity index (χ1n) is 7.01. The zero-order chi connectivity index (χ0) is 13.4. The van der Waals surface area contributed by atoms with Gasteiger partial charge < -0.3 is 5.32 Å². The van der Waals surface area contributed by atoms with Gasteiger partial charge in [-0.15, -0.1) is 0 Å². The molecule has 1 rings (SSSR count). The van der Waals surface area contributed by atoms with Crippen LogP contribution in [0, 0.1) is 11.7 Å². The molecule has 0 saturated carbocycles. The molecule has 0 aromatic carbocycles. The van der Waals surface area contributed by atoms with Crippen LogP contribution in [0.4, 0.5) is 4.39 Å². The van der Waals surface area contributed by atoms with Gasteiger partial charge >= 0.3 is 0 Å². The van der Waals surface area contributed by atoms with Gasteiger partial charge in [-0.1, -0.05) is 33.6 Å². The van der Waals surface area contributed by atoms with E-state index in [0.29, 0.717) is 5.92 Å². The summed E-state index contributed by atoms with van der Waals surface area (Å²) in [4.78, 5) is 3.95. The maximum absolute atomic E-state index is 13.2. The van der Waals surface area contributed by atoms with Crippen LogP contribution in [-0.2, 0) is 0 Å². The first kappa shape index (κ1) is 15.1. The average Bonchev–Trinajstić information content (AvgIpc) is 2.34. The van der Waals surface area contributed by atoms with Crippen LogP contribution in [0.2, 0.25) is 0 Å². The van der Waals surface area contributed by atoms with E-state index in [9.17, 15) is 4.39 Å². The summed E-state index contributed by atoms with van der Waals surface area (Å²) in [5.41, 5.74) is 0.964. The number of nitrogens with zero attached hydrogens (tertiary/aromatic N) is 1. The van der Waals surface area contributed by atoms with Gasteiger partial charge in [0.1, 0.15) is 5.82 Å². The number of halogens is 1. The molecule has 0 radical (unpaired) electrons. The molecular formula is C15H25FN2. The second kappa shape index (κ2) is 8.20. The molecule has 102 valence electrons. The molecule has 2 nitrogen and oxygen atoms in total. The summed E-state index contributed by atoms with van der Waals surface area (Å²) in [6.45, 7) is 7.56. The third-order valence-corrected chi connectivity index (χ3v) is 3.19. The number of pyridine rings is 1. The standard InChI is InChI=1S/C15H25FN2/c1-4-6-12(3)8-15(18-7-5-2)13-9-14(16)11-17-10-13/h9-12,15,18H,4-8H2,1-3H3. The predicted molar refractivity (Wildman–Crippen MR) is 73.9 cm³/mol. The Hall–Kier alpha value is -0.960. The van der Waals surface area contributed by atoms with Crippen molar-refractivity contribution in [3.63, 3.8) is 0 Å². The second-order valence-corrected chi connectivity index (χ2v) is 5.07. The Morgan fingerprint density at radius 2 is 2.06 bits per heavy atom. The lowest BCUT2D eigenvalue weighted by Gasteiger charge is -2.22. The van der Waals surface area contributed by atoms with Gasteiger partial charge in [-0.3, -0.25) is 4.98 Å². The maximum atomic E-state index is 13.2. The molecule has 1 aromatic heterocycles. The van der Waals surface area contributed by atoms with Crippen molar-refractivity contribution in [1.29, 1.82) is 0 Å². The first-order chi connectivity index (χ1) is 8.67. The quantitative estimate of drug-likeness (QED) is 0.754. The molecule has 1 aromatic rings. The minimum atomic E-state index is -0.251. The van der Waals surface area contributed by atoms with E-state index in [2.05, 4.69) is 31.1 Å². The number of hydrogen-bond donors (Lipinski definition) is 1. The number of nitrogens with one attached hydrogen (secondary N) is 1. The lowest BCUT2D eigenvalue weighted by atomic mass is 9.93. The minimum absolute atomic E-state index is 0.217. The van der Waals surface area contributed by atoms with Gasteiger partial charge in [0.25, 0.3) is 0 Å². The summed E-state index contributed by atoms with van der Waals surface area (Å²) in [5.74, 6) is 0.395. The molecule has 0 bridgehead atoms. The van der Waals surface area contributed by atoms with Crippen molar-refractivity contribution in [1.82, 2.24) is 10.3 Å². The Bertz CT molecular complexity index is 341. The molecular weight excluding hydrogens is 227 g/mol. The summed E-state index contributed by atoms with van der Waals surface area (Å²) in [6, 6.07) is 1.81. The third-order valence-electron chi connectivity index (χ3n) is 3.19. The van der Waals surface area contributed by atoms with E-state index in [4.69, 9.17) is 0 Å². The Labute approximate surface area is 110 Å². The summed E-state index contributed by atoms with van der Waals surface area (Å²) in [5, 5.41) is 3.50. The molecule has 0 fully saturated rings. The van der Waals surface area contributed by atoms with E-state index >= 15 is 0 Å². The van der Waals surface area contributed by atoms with E-state index in [0.717, 1.165) is 24.9 Å². The predicted octanol–water partition coefficient (Wildman–Crippen LogP) is 4.09. The maximum Gasteiger partial charge on any atom is 0.141 e. The van der Waals surface area contributed by atoms with Crippen molar-refractivity contribution in [2.45, 2.75) is 52.5 Å². The van der Waals surface area contributed by atoms with Gasteiger partial charge in [-0.05, 0) is 36.9 Å². The van der Waals surface area contributed by atoms with Gasteiger partial charge in [0.15, 0.2) is 0 Å². The van der Waals surface area contributed by atoms with Crippen molar-refractivity contribution in [2.24, 2.45) is 5.92 Å². The number of aromatic nitrogens is 1. The van der Waals surface area contributed by atoms with Crippen LogP contribution in [0.1, 0.15) is 58.1 Å². The van der Waals surface area contributed by atoms with E-state index in [1.807, 2.05) is 0 Å². The largest absolute Gasteiger partial charge is 0.310 e. The van der Waals surface area contributed by atoms with Crippen molar-refractivity contribution in [2.75, 3.05) is 6.54 Å². The van der Waals surface area contributed by atoms with Crippen molar-refractivity contribution < 1.29 is 4.39 Å². The van der Waals surface area contributed by atoms with Crippen LogP contribution >= 0.6 is 0 Å². The Morgan fingerprint density at radius 1 is 1.28 bits per heavy atom. The number of hydrogen-bond acceptors (Lipinski definition) is 2. The van der Waals surface area contributed by atoms with Crippen LogP contribution in [0.5, 0.6) is 0 Å². The topological polar surface area (TPSA) is 24.9 Å². The molecule has 0 spiro atoms. The summed E-state index contributed by atoms with van der Waals surface area (Å²) < 4.78 is 13.2. The fourth-order valence-corrected chi connectivity index (χ4v) is 2.29. The molecule has 3 heteroatoms.